The van der Waals surface area contributed by atoms with E-state index >= 15 is 0 Å². The van der Waals surface area contributed by atoms with Gasteiger partial charge >= 0.3 is 0 Å². The van der Waals surface area contributed by atoms with Crippen molar-refractivity contribution >= 4 is 5.78 Å². The van der Waals surface area contributed by atoms with Crippen LogP contribution in [0.3, 0.4) is 0 Å². The zero-order valence-corrected chi connectivity index (χ0v) is 12.4. The minimum absolute atomic E-state index is 0.520. The molecule has 1 aromatic carbocycles. The summed E-state index contributed by atoms with van der Waals surface area (Å²) in [7, 11) is 1.66. The summed E-state index contributed by atoms with van der Waals surface area (Å²) in [6.07, 6.45) is 2.62. The number of hydrogen-bond donors (Lipinski definition) is 0. The molecule has 5 heteroatoms. The lowest BCUT2D eigenvalue weighted by atomic mass is 10.1. The van der Waals surface area contributed by atoms with Crippen LogP contribution in [-0.4, -0.2) is 26.7 Å². The zero-order valence-electron chi connectivity index (χ0n) is 12.4. The Morgan fingerprint density at radius 1 is 1.14 bits per heavy atom. The summed E-state index contributed by atoms with van der Waals surface area (Å²) < 4.78 is 7.00. The summed E-state index contributed by atoms with van der Waals surface area (Å²) in [5.41, 5.74) is 2.04. The summed E-state index contributed by atoms with van der Waals surface area (Å²) in [5, 5.41) is 4.58. The Balaban J connectivity index is 2.06. The number of fused-ring (bicyclic) bond motifs is 1. The second-order valence-corrected chi connectivity index (χ2v) is 5.40. The normalized spacial score (nSPS) is 11.2. The Hall–Kier alpha value is -2.43. The molecule has 0 unspecified atom stereocenters. The van der Waals surface area contributed by atoms with E-state index in [0.717, 1.165) is 29.3 Å². The maximum absolute atomic E-state index is 5.19. The van der Waals surface area contributed by atoms with E-state index in [1.165, 1.54) is 0 Å². The van der Waals surface area contributed by atoms with Gasteiger partial charge in [0.2, 0.25) is 0 Å². The van der Waals surface area contributed by atoms with Gasteiger partial charge < -0.3 is 4.74 Å². The van der Waals surface area contributed by atoms with Crippen LogP contribution in [0, 0.1) is 5.92 Å². The summed E-state index contributed by atoms with van der Waals surface area (Å²) in [6, 6.07) is 9.85. The Labute approximate surface area is 123 Å². The number of benzene rings is 1. The van der Waals surface area contributed by atoms with Crippen molar-refractivity contribution in [2.45, 2.75) is 20.3 Å². The fourth-order valence-electron chi connectivity index (χ4n) is 2.27. The fourth-order valence-corrected chi connectivity index (χ4v) is 2.27. The van der Waals surface area contributed by atoms with Crippen LogP contribution in [0.2, 0.25) is 0 Å². The van der Waals surface area contributed by atoms with Crippen LogP contribution in [0.1, 0.15) is 19.7 Å². The first-order valence-electron chi connectivity index (χ1n) is 7.02. The predicted octanol–water partition coefficient (Wildman–Crippen LogP) is 3.00. The predicted molar refractivity (Wildman–Crippen MR) is 81.3 cm³/mol. The first-order chi connectivity index (χ1) is 10.2. The molecule has 21 heavy (non-hydrogen) atoms. The van der Waals surface area contributed by atoms with E-state index in [9.17, 15) is 0 Å². The molecule has 108 valence electrons. The van der Waals surface area contributed by atoms with Crippen molar-refractivity contribution < 1.29 is 4.74 Å². The van der Waals surface area contributed by atoms with Gasteiger partial charge in [-0.1, -0.05) is 13.8 Å². The van der Waals surface area contributed by atoms with Crippen LogP contribution >= 0.6 is 0 Å². The van der Waals surface area contributed by atoms with Crippen LogP contribution in [0.4, 0.5) is 0 Å². The van der Waals surface area contributed by atoms with Crippen LogP contribution in [0.25, 0.3) is 17.0 Å². The van der Waals surface area contributed by atoms with Gasteiger partial charge in [-0.3, -0.25) is 0 Å². The van der Waals surface area contributed by atoms with E-state index in [0.29, 0.717) is 11.7 Å². The van der Waals surface area contributed by atoms with Gasteiger partial charge in [-0.2, -0.15) is 9.50 Å². The van der Waals surface area contributed by atoms with Crippen molar-refractivity contribution in [1.82, 2.24) is 19.6 Å². The van der Waals surface area contributed by atoms with E-state index in [-0.39, 0.29) is 0 Å². The summed E-state index contributed by atoms with van der Waals surface area (Å²) >= 11 is 0. The van der Waals surface area contributed by atoms with Gasteiger partial charge in [-0.25, -0.2) is 4.98 Å². The third-order valence-corrected chi connectivity index (χ3v) is 3.26. The summed E-state index contributed by atoms with van der Waals surface area (Å²) in [5.74, 6) is 2.83. The maximum atomic E-state index is 5.19. The molecule has 0 fully saturated rings. The highest BCUT2D eigenvalue weighted by Crippen LogP contribution is 2.22. The molecule has 0 saturated carbocycles. The molecule has 0 atom stereocenters. The lowest BCUT2D eigenvalue weighted by molar-refractivity contribution is 0.415. The van der Waals surface area contributed by atoms with Gasteiger partial charge in [-0.05, 0) is 36.2 Å². The largest absolute Gasteiger partial charge is 0.497 e. The molecule has 0 spiro atoms. The highest BCUT2D eigenvalue weighted by molar-refractivity contribution is 5.62. The highest BCUT2D eigenvalue weighted by atomic mass is 16.5. The molecule has 2 heterocycles. The topological polar surface area (TPSA) is 52.3 Å². The van der Waals surface area contributed by atoms with Gasteiger partial charge in [0.05, 0.1) is 12.8 Å². The van der Waals surface area contributed by atoms with Gasteiger partial charge in [0.15, 0.2) is 5.82 Å². The first-order valence-corrected chi connectivity index (χ1v) is 7.02. The molecule has 0 bridgehead atoms. The molecule has 0 radical (unpaired) electrons. The maximum Gasteiger partial charge on any atom is 0.252 e. The molecule has 0 aliphatic heterocycles. The summed E-state index contributed by atoms with van der Waals surface area (Å²) in [4.78, 5) is 8.78. The third kappa shape index (κ3) is 2.72. The van der Waals surface area contributed by atoms with E-state index < -0.39 is 0 Å². The second-order valence-electron chi connectivity index (χ2n) is 5.40. The van der Waals surface area contributed by atoms with Crippen LogP contribution in [-0.2, 0) is 6.42 Å². The second kappa shape index (κ2) is 5.52. The molecule has 0 aliphatic rings. The smallest absolute Gasteiger partial charge is 0.252 e. The summed E-state index contributed by atoms with van der Waals surface area (Å²) in [6.45, 7) is 4.31. The zero-order chi connectivity index (χ0) is 14.8. The molecule has 5 nitrogen and oxygen atoms in total. The van der Waals surface area contributed by atoms with E-state index in [4.69, 9.17) is 4.74 Å². The highest BCUT2D eigenvalue weighted by Gasteiger charge is 2.11. The Kier molecular flexibility index (Phi) is 3.56. The average molecular weight is 282 g/mol. The molecular formula is C16H18N4O. The van der Waals surface area contributed by atoms with Crippen molar-refractivity contribution in [1.29, 1.82) is 0 Å². The molecule has 0 N–H and O–H groups in total. The monoisotopic (exact) mass is 282 g/mol. The van der Waals surface area contributed by atoms with Crippen molar-refractivity contribution in [2.75, 3.05) is 7.11 Å². The molecular weight excluding hydrogens is 264 g/mol. The first kappa shape index (κ1) is 13.5. The van der Waals surface area contributed by atoms with Crippen LogP contribution in [0.5, 0.6) is 5.75 Å². The molecule has 0 aliphatic carbocycles. The van der Waals surface area contributed by atoms with Crippen molar-refractivity contribution in [3.05, 3.63) is 42.4 Å². The van der Waals surface area contributed by atoms with E-state index in [2.05, 4.69) is 28.9 Å². The molecule has 3 rings (SSSR count). The lowest BCUT2D eigenvalue weighted by Crippen LogP contribution is -1.98. The number of rotatable bonds is 4. The number of nitrogens with zero attached hydrogens (tertiary/aromatic N) is 4. The van der Waals surface area contributed by atoms with Crippen LogP contribution < -0.4 is 4.74 Å². The van der Waals surface area contributed by atoms with Gasteiger partial charge in [0.25, 0.3) is 5.78 Å². The number of aromatic nitrogens is 4. The quantitative estimate of drug-likeness (QED) is 0.738. The number of methoxy groups -OCH3 is 1. The molecule has 3 aromatic rings. The van der Waals surface area contributed by atoms with E-state index in [1.807, 2.05) is 30.3 Å². The molecule has 0 saturated heterocycles. The minimum atomic E-state index is 0.520. The van der Waals surface area contributed by atoms with Gasteiger partial charge in [0, 0.05) is 18.2 Å². The van der Waals surface area contributed by atoms with Crippen molar-refractivity contribution in [3.8, 4) is 17.0 Å². The Morgan fingerprint density at radius 3 is 2.57 bits per heavy atom. The lowest BCUT2D eigenvalue weighted by Gasteiger charge is -2.05. The number of hydrogen-bond acceptors (Lipinski definition) is 4. The van der Waals surface area contributed by atoms with Gasteiger partial charge in [-0.15, -0.1) is 5.10 Å². The standard InChI is InChI=1S/C16H18N4O/c1-11(2)10-15-18-16-17-9-8-14(20(16)19-15)12-4-6-13(21-3)7-5-12/h4-9,11H,10H2,1-3H3. The third-order valence-electron chi connectivity index (χ3n) is 3.26. The average Bonchev–Trinajstić information content (AvgIpc) is 2.88. The number of ether oxygens (including phenoxy) is 1. The Bertz CT molecular complexity index is 747. The van der Waals surface area contributed by atoms with Crippen LogP contribution in [0.15, 0.2) is 36.5 Å². The molecule has 2 aromatic heterocycles. The van der Waals surface area contributed by atoms with Gasteiger partial charge in [0.1, 0.15) is 5.75 Å². The van der Waals surface area contributed by atoms with Crippen molar-refractivity contribution in [2.24, 2.45) is 5.92 Å². The fraction of sp³-hybridized carbons (Fsp3) is 0.312. The molecule has 0 amide bonds. The van der Waals surface area contributed by atoms with E-state index in [1.54, 1.807) is 17.8 Å². The SMILES string of the molecule is COc1ccc(-c2ccnc3nc(CC(C)C)nn23)cc1. The Morgan fingerprint density at radius 2 is 1.90 bits per heavy atom. The van der Waals surface area contributed by atoms with Crippen molar-refractivity contribution in [3.63, 3.8) is 0 Å². The minimum Gasteiger partial charge on any atom is -0.497 e.